The van der Waals surface area contributed by atoms with Crippen molar-refractivity contribution in [3.63, 3.8) is 0 Å². The summed E-state index contributed by atoms with van der Waals surface area (Å²) in [6.45, 7) is 2.44. The van der Waals surface area contributed by atoms with E-state index in [0.717, 1.165) is 37.1 Å². The highest BCUT2D eigenvalue weighted by Gasteiger charge is 2.23. The van der Waals surface area contributed by atoms with E-state index in [2.05, 4.69) is 23.2 Å². The highest BCUT2D eigenvalue weighted by atomic mass is 16.5. The Morgan fingerprint density at radius 3 is 2.69 bits per heavy atom. The third-order valence-electron chi connectivity index (χ3n) is 4.97. The van der Waals surface area contributed by atoms with Crippen molar-refractivity contribution >= 4 is 16.8 Å². The highest BCUT2D eigenvalue weighted by Crippen LogP contribution is 2.18. The van der Waals surface area contributed by atoms with Crippen LogP contribution in [0.5, 0.6) is 0 Å². The summed E-state index contributed by atoms with van der Waals surface area (Å²) in [5, 5.41) is 1.17. The van der Waals surface area contributed by atoms with Gasteiger partial charge in [-0.25, -0.2) is 0 Å². The van der Waals surface area contributed by atoms with E-state index in [1.807, 2.05) is 46.0 Å². The van der Waals surface area contributed by atoms with Crippen LogP contribution in [0.1, 0.15) is 18.5 Å². The molecule has 1 amide bonds. The zero-order valence-corrected chi connectivity index (χ0v) is 14.8. The number of amides is 1. The van der Waals surface area contributed by atoms with E-state index < -0.39 is 0 Å². The van der Waals surface area contributed by atoms with Crippen LogP contribution in [-0.4, -0.2) is 39.6 Å². The Hall–Kier alpha value is -2.66. The quantitative estimate of drug-likeness (QED) is 0.710. The Labute approximate surface area is 153 Å². The van der Waals surface area contributed by atoms with E-state index in [-0.39, 0.29) is 12.0 Å². The maximum absolute atomic E-state index is 12.6. The number of benzene rings is 1. The number of piperidine rings is 1. The van der Waals surface area contributed by atoms with Gasteiger partial charge >= 0.3 is 0 Å². The predicted molar refractivity (Wildman–Crippen MR) is 101 cm³/mol. The number of carbonyl (C=O) groups is 1. The van der Waals surface area contributed by atoms with E-state index in [4.69, 9.17) is 4.74 Å². The lowest BCUT2D eigenvalue weighted by Gasteiger charge is -2.32. The molecule has 0 N–H and O–H groups in total. The molecule has 3 aromatic rings. The lowest BCUT2D eigenvalue weighted by molar-refractivity contribution is -0.134. The molecule has 0 aliphatic carbocycles. The highest BCUT2D eigenvalue weighted by molar-refractivity contribution is 5.83. The van der Waals surface area contributed by atoms with Gasteiger partial charge in [0, 0.05) is 31.0 Å². The smallest absolute Gasteiger partial charge is 0.242 e. The summed E-state index contributed by atoms with van der Waals surface area (Å²) >= 11 is 0. The van der Waals surface area contributed by atoms with Crippen molar-refractivity contribution in [1.82, 2.24) is 14.5 Å². The Bertz CT molecular complexity index is 867. The van der Waals surface area contributed by atoms with Crippen LogP contribution in [0.3, 0.4) is 0 Å². The van der Waals surface area contributed by atoms with Gasteiger partial charge in [-0.05, 0) is 42.5 Å². The molecule has 0 atom stereocenters. The summed E-state index contributed by atoms with van der Waals surface area (Å²) in [5.74, 6) is 0.175. The predicted octanol–water partition coefficient (Wildman–Crippen LogP) is 3.24. The Kier molecular flexibility index (Phi) is 4.97. The maximum atomic E-state index is 12.6. The first-order valence-corrected chi connectivity index (χ1v) is 9.13. The molecule has 134 valence electrons. The number of hydrogen-bond donors (Lipinski definition) is 0. The van der Waals surface area contributed by atoms with Gasteiger partial charge in [0.2, 0.25) is 5.91 Å². The second kappa shape index (κ2) is 7.70. The van der Waals surface area contributed by atoms with E-state index >= 15 is 0 Å². The molecule has 5 nitrogen and oxygen atoms in total. The molecule has 0 saturated carbocycles. The summed E-state index contributed by atoms with van der Waals surface area (Å²) in [7, 11) is 0. The van der Waals surface area contributed by atoms with Gasteiger partial charge in [-0.2, -0.15) is 0 Å². The molecule has 5 heteroatoms. The standard InChI is InChI=1S/C21H23N3O2/c25-21(15-24-12-8-17-5-1-2-7-20(17)24)23-13-9-19(10-14-23)26-16-18-6-3-4-11-22-18/h1-8,11-12,19H,9-10,13-16H2. The van der Waals surface area contributed by atoms with Crippen molar-refractivity contribution in [2.45, 2.75) is 32.1 Å². The van der Waals surface area contributed by atoms with Gasteiger partial charge < -0.3 is 14.2 Å². The fourth-order valence-electron chi connectivity index (χ4n) is 3.48. The van der Waals surface area contributed by atoms with Gasteiger partial charge in [-0.15, -0.1) is 0 Å². The van der Waals surface area contributed by atoms with E-state index in [0.29, 0.717) is 13.2 Å². The fourth-order valence-corrected chi connectivity index (χ4v) is 3.48. The molecule has 1 saturated heterocycles. The lowest BCUT2D eigenvalue weighted by atomic mass is 10.1. The molecule has 4 rings (SSSR count). The van der Waals surface area contributed by atoms with Gasteiger partial charge in [0.25, 0.3) is 0 Å². The third kappa shape index (κ3) is 3.78. The second-order valence-corrected chi connectivity index (χ2v) is 6.71. The Morgan fingerprint density at radius 1 is 1.08 bits per heavy atom. The molecular formula is C21H23N3O2. The fraction of sp³-hybridized carbons (Fsp3) is 0.333. The minimum atomic E-state index is 0.175. The average Bonchev–Trinajstić information content (AvgIpc) is 3.10. The van der Waals surface area contributed by atoms with Crippen molar-refractivity contribution in [2.24, 2.45) is 0 Å². The molecule has 0 radical (unpaired) electrons. The molecule has 0 unspecified atom stereocenters. The zero-order chi connectivity index (χ0) is 17.8. The topological polar surface area (TPSA) is 47.4 Å². The van der Waals surface area contributed by atoms with Crippen LogP contribution in [0.25, 0.3) is 10.9 Å². The number of fused-ring (bicyclic) bond motifs is 1. The minimum Gasteiger partial charge on any atom is -0.372 e. The van der Waals surface area contributed by atoms with Gasteiger partial charge in [0.15, 0.2) is 0 Å². The summed E-state index contributed by atoms with van der Waals surface area (Å²) in [4.78, 5) is 18.9. The molecule has 1 aromatic carbocycles. The molecule has 2 aromatic heterocycles. The van der Waals surface area contributed by atoms with Gasteiger partial charge in [-0.3, -0.25) is 9.78 Å². The number of nitrogens with zero attached hydrogens (tertiary/aromatic N) is 3. The summed E-state index contributed by atoms with van der Waals surface area (Å²) in [6.07, 6.45) is 5.74. The van der Waals surface area contributed by atoms with Crippen molar-refractivity contribution in [1.29, 1.82) is 0 Å². The van der Waals surface area contributed by atoms with Gasteiger partial charge in [0.05, 0.1) is 18.4 Å². The number of rotatable bonds is 5. The number of para-hydroxylation sites is 1. The first-order chi connectivity index (χ1) is 12.8. The van der Waals surface area contributed by atoms with Gasteiger partial charge in [0.1, 0.15) is 6.54 Å². The van der Waals surface area contributed by atoms with Crippen molar-refractivity contribution in [3.8, 4) is 0 Å². The van der Waals surface area contributed by atoms with E-state index in [1.54, 1.807) is 6.20 Å². The zero-order valence-electron chi connectivity index (χ0n) is 14.8. The Morgan fingerprint density at radius 2 is 1.88 bits per heavy atom. The molecule has 1 aliphatic heterocycles. The molecule has 1 aliphatic rings. The van der Waals surface area contributed by atoms with Crippen LogP contribution in [0.15, 0.2) is 60.9 Å². The number of aromatic nitrogens is 2. The van der Waals surface area contributed by atoms with Crippen molar-refractivity contribution in [2.75, 3.05) is 13.1 Å². The third-order valence-corrected chi connectivity index (χ3v) is 4.97. The number of ether oxygens (including phenoxy) is 1. The summed E-state index contributed by atoms with van der Waals surface area (Å²) < 4.78 is 7.98. The van der Waals surface area contributed by atoms with Crippen LogP contribution >= 0.6 is 0 Å². The largest absolute Gasteiger partial charge is 0.372 e. The van der Waals surface area contributed by atoms with Crippen LogP contribution in [0.2, 0.25) is 0 Å². The van der Waals surface area contributed by atoms with Crippen LogP contribution in [0.4, 0.5) is 0 Å². The molecule has 0 spiro atoms. The monoisotopic (exact) mass is 349 g/mol. The van der Waals surface area contributed by atoms with Crippen molar-refractivity contribution in [3.05, 3.63) is 66.6 Å². The summed E-state index contributed by atoms with van der Waals surface area (Å²) in [6, 6.07) is 16.1. The first-order valence-electron chi connectivity index (χ1n) is 9.13. The van der Waals surface area contributed by atoms with Crippen LogP contribution in [0, 0.1) is 0 Å². The number of carbonyl (C=O) groups excluding carboxylic acids is 1. The molecule has 26 heavy (non-hydrogen) atoms. The van der Waals surface area contributed by atoms with Crippen LogP contribution < -0.4 is 0 Å². The molecule has 1 fully saturated rings. The van der Waals surface area contributed by atoms with Gasteiger partial charge in [-0.1, -0.05) is 24.3 Å². The normalized spacial score (nSPS) is 15.5. The Balaban J connectivity index is 1.28. The first kappa shape index (κ1) is 16.8. The van der Waals surface area contributed by atoms with E-state index in [9.17, 15) is 4.79 Å². The molecule has 0 bridgehead atoms. The van der Waals surface area contributed by atoms with Crippen molar-refractivity contribution < 1.29 is 9.53 Å². The summed E-state index contributed by atoms with van der Waals surface area (Å²) in [5.41, 5.74) is 2.06. The number of likely N-dealkylation sites (tertiary alicyclic amines) is 1. The maximum Gasteiger partial charge on any atom is 0.242 e. The minimum absolute atomic E-state index is 0.175. The molecule has 3 heterocycles. The lowest BCUT2D eigenvalue weighted by Crippen LogP contribution is -2.42. The average molecular weight is 349 g/mol. The van der Waals surface area contributed by atoms with Crippen LogP contribution in [-0.2, 0) is 22.7 Å². The van der Waals surface area contributed by atoms with E-state index in [1.165, 1.54) is 5.39 Å². The number of pyridine rings is 1. The number of hydrogen-bond acceptors (Lipinski definition) is 3. The second-order valence-electron chi connectivity index (χ2n) is 6.71. The molecular weight excluding hydrogens is 326 g/mol. The SMILES string of the molecule is O=C(Cn1ccc2ccccc21)N1CCC(OCc2ccccn2)CC1.